The fraction of sp³-hybridized carbons (Fsp3) is 0.314. The standard InChI is InChI=1S/C35H36N2O9/c1-24-22-37(34(42)36-33(24)41)30-21-28(46-32(40)18-17-31(39)43-20-19-38)29(45-30)23-44-35(25-11-5-2-6-12-25,26-13-7-3-8-14-26)27-15-9-4-10-16-27/h2-16,22,28-30,38H,17-21,23H2,1H3,(H,36,41,42)/t28-,29+,30+/m0/s1. The second kappa shape index (κ2) is 15.0. The van der Waals surface area contributed by atoms with Gasteiger partial charge in [-0.15, -0.1) is 0 Å². The first-order valence-corrected chi connectivity index (χ1v) is 15.1. The summed E-state index contributed by atoms with van der Waals surface area (Å²) in [6.45, 7) is 1.04. The molecular formula is C35H36N2O9. The third-order valence-electron chi connectivity index (χ3n) is 7.81. The second-order valence-electron chi connectivity index (χ2n) is 10.9. The predicted octanol–water partition coefficient (Wildman–Crippen LogP) is 3.37. The van der Waals surface area contributed by atoms with Crippen molar-refractivity contribution in [1.82, 2.24) is 9.55 Å². The molecule has 1 saturated heterocycles. The number of benzene rings is 3. The number of nitrogens with zero attached hydrogens (tertiary/aromatic N) is 1. The van der Waals surface area contributed by atoms with E-state index in [2.05, 4.69) is 4.98 Å². The Morgan fingerprint density at radius 3 is 1.98 bits per heavy atom. The van der Waals surface area contributed by atoms with Crippen molar-refractivity contribution in [2.75, 3.05) is 19.8 Å². The van der Waals surface area contributed by atoms with Crippen molar-refractivity contribution >= 4 is 11.9 Å². The van der Waals surface area contributed by atoms with Gasteiger partial charge in [0.05, 0.1) is 26.1 Å². The summed E-state index contributed by atoms with van der Waals surface area (Å²) in [4.78, 5) is 51.9. The molecule has 46 heavy (non-hydrogen) atoms. The highest BCUT2D eigenvalue weighted by Crippen LogP contribution is 2.42. The van der Waals surface area contributed by atoms with E-state index in [0.717, 1.165) is 16.7 Å². The molecule has 0 radical (unpaired) electrons. The van der Waals surface area contributed by atoms with E-state index in [4.69, 9.17) is 24.1 Å². The molecule has 0 aliphatic carbocycles. The van der Waals surface area contributed by atoms with Crippen molar-refractivity contribution in [3.8, 4) is 0 Å². The molecule has 1 aromatic heterocycles. The third kappa shape index (κ3) is 7.34. The van der Waals surface area contributed by atoms with Gasteiger partial charge in [0.2, 0.25) is 0 Å². The number of nitrogens with one attached hydrogen (secondary N) is 1. The maximum absolute atomic E-state index is 12.9. The normalized spacial score (nSPS) is 17.8. The smallest absolute Gasteiger partial charge is 0.330 e. The summed E-state index contributed by atoms with van der Waals surface area (Å²) in [5.74, 6) is -1.30. The van der Waals surface area contributed by atoms with Gasteiger partial charge in [-0.05, 0) is 23.6 Å². The van der Waals surface area contributed by atoms with E-state index < -0.39 is 47.2 Å². The Kier molecular flexibility index (Phi) is 10.6. The fourth-order valence-corrected chi connectivity index (χ4v) is 5.58. The quantitative estimate of drug-likeness (QED) is 0.168. The lowest BCUT2D eigenvalue weighted by Crippen LogP contribution is -2.39. The van der Waals surface area contributed by atoms with Crippen molar-refractivity contribution in [3.05, 3.63) is 140 Å². The van der Waals surface area contributed by atoms with Crippen LogP contribution in [0.15, 0.2) is 107 Å². The van der Waals surface area contributed by atoms with Crippen LogP contribution in [-0.2, 0) is 34.1 Å². The van der Waals surface area contributed by atoms with Gasteiger partial charge in [0.1, 0.15) is 30.6 Å². The number of aryl methyl sites for hydroxylation is 1. The molecule has 1 fully saturated rings. The maximum Gasteiger partial charge on any atom is 0.330 e. The highest BCUT2D eigenvalue weighted by molar-refractivity contribution is 5.77. The molecule has 0 amide bonds. The summed E-state index contributed by atoms with van der Waals surface area (Å²) in [6, 6.07) is 29.3. The van der Waals surface area contributed by atoms with Crippen molar-refractivity contribution < 1.29 is 33.6 Å². The van der Waals surface area contributed by atoms with Gasteiger partial charge in [-0.25, -0.2) is 4.79 Å². The molecule has 2 heterocycles. The average Bonchev–Trinajstić information content (AvgIpc) is 3.48. The second-order valence-corrected chi connectivity index (χ2v) is 10.9. The van der Waals surface area contributed by atoms with Gasteiger partial charge in [-0.2, -0.15) is 0 Å². The van der Waals surface area contributed by atoms with E-state index in [1.54, 1.807) is 6.92 Å². The molecule has 0 spiro atoms. The van der Waals surface area contributed by atoms with Crippen LogP contribution in [0.5, 0.6) is 0 Å². The fourth-order valence-electron chi connectivity index (χ4n) is 5.58. The molecule has 0 unspecified atom stereocenters. The van der Waals surface area contributed by atoms with E-state index in [0.29, 0.717) is 5.56 Å². The molecule has 11 nitrogen and oxygen atoms in total. The Bertz CT molecular complexity index is 1630. The lowest BCUT2D eigenvalue weighted by Gasteiger charge is -2.37. The van der Waals surface area contributed by atoms with E-state index in [9.17, 15) is 19.2 Å². The first kappa shape index (κ1) is 32.6. The van der Waals surface area contributed by atoms with Gasteiger partial charge in [-0.3, -0.25) is 23.9 Å². The molecule has 3 atom stereocenters. The van der Waals surface area contributed by atoms with Gasteiger partial charge in [0, 0.05) is 18.2 Å². The van der Waals surface area contributed by atoms with Crippen LogP contribution in [0.25, 0.3) is 0 Å². The van der Waals surface area contributed by atoms with E-state index >= 15 is 0 Å². The third-order valence-corrected chi connectivity index (χ3v) is 7.81. The number of aromatic nitrogens is 2. The zero-order valence-electron chi connectivity index (χ0n) is 25.4. The lowest BCUT2D eigenvalue weighted by atomic mass is 9.80. The molecule has 1 aliphatic rings. The summed E-state index contributed by atoms with van der Waals surface area (Å²) < 4.78 is 25.2. The molecular weight excluding hydrogens is 592 g/mol. The van der Waals surface area contributed by atoms with Crippen LogP contribution in [0.3, 0.4) is 0 Å². The first-order valence-electron chi connectivity index (χ1n) is 15.1. The molecule has 11 heteroatoms. The predicted molar refractivity (Wildman–Crippen MR) is 167 cm³/mol. The number of hydrogen-bond donors (Lipinski definition) is 2. The number of rotatable bonds is 13. The summed E-state index contributed by atoms with van der Waals surface area (Å²) in [5.41, 5.74) is 0.661. The minimum absolute atomic E-state index is 0.0528. The molecule has 2 N–H and O–H groups in total. The van der Waals surface area contributed by atoms with E-state index in [1.165, 1.54) is 10.8 Å². The monoisotopic (exact) mass is 628 g/mol. The summed E-state index contributed by atoms with van der Waals surface area (Å²) in [6.07, 6.45) is -1.53. The van der Waals surface area contributed by atoms with Crippen LogP contribution >= 0.6 is 0 Å². The Morgan fingerprint density at radius 2 is 1.43 bits per heavy atom. The van der Waals surface area contributed by atoms with Crippen molar-refractivity contribution in [2.45, 2.75) is 50.2 Å². The van der Waals surface area contributed by atoms with Gasteiger partial charge in [0.15, 0.2) is 0 Å². The minimum Gasteiger partial charge on any atom is -0.463 e. The largest absolute Gasteiger partial charge is 0.463 e. The lowest BCUT2D eigenvalue weighted by molar-refractivity contribution is -0.159. The molecule has 0 saturated carbocycles. The number of ether oxygens (including phenoxy) is 4. The molecule has 1 aliphatic heterocycles. The number of carbonyl (C=O) groups excluding carboxylic acids is 2. The van der Waals surface area contributed by atoms with Crippen LogP contribution in [0.2, 0.25) is 0 Å². The van der Waals surface area contributed by atoms with Gasteiger partial charge < -0.3 is 24.1 Å². The SMILES string of the molecule is Cc1cn([C@H]2C[C@H](OC(=O)CCC(=O)OCCO)[C@@H](COC(c3ccccc3)(c3ccccc3)c3ccccc3)O2)c(=O)[nH]c1=O. The van der Waals surface area contributed by atoms with Gasteiger partial charge >= 0.3 is 17.6 Å². The Labute approximate surface area is 265 Å². The van der Waals surface area contributed by atoms with Crippen LogP contribution in [-0.4, -0.2) is 58.6 Å². The summed E-state index contributed by atoms with van der Waals surface area (Å²) in [5, 5.41) is 8.87. The van der Waals surface area contributed by atoms with Crippen LogP contribution in [0, 0.1) is 6.92 Å². The number of aromatic amines is 1. The van der Waals surface area contributed by atoms with E-state index in [1.807, 2.05) is 91.0 Å². The molecule has 0 bridgehead atoms. The number of carbonyl (C=O) groups is 2. The molecule has 5 rings (SSSR count). The first-order chi connectivity index (χ1) is 22.3. The van der Waals surface area contributed by atoms with E-state index in [-0.39, 0.29) is 39.1 Å². The highest BCUT2D eigenvalue weighted by atomic mass is 16.6. The zero-order valence-corrected chi connectivity index (χ0v) is 25.4. The number of H-pyrrole nitrogens is 1. The topological polar surface area (TPSA) is 146 Å². The van der Waals surface area contributed by atoms with Crippen molar-refractivity contribution in [1.29, 1.82) is 0 Å². The van der Waals surface area contributed by atoms with Crippen molar-refractivity contribution in [3.63, 3.8) is 0 Å². The summed E-state index contributed by atoms with van der Waals surface area (Å²) >= 11 is 0. The maximum atomic E-state index is 12.9. The number of aliphatic hydroxyl groups is 1. The Hall–Kier alpha value is -4.84. The number of hydrogen-bond acceptors (Lipinski definition) is 9. The number of esters is 2. The van der Waals surface area contributed by atoms with Crippen LogP contribution in [0.1, 0.15) is 47.7 Å². The molecule has 240 valence electrons. The zero-order chi connectivity index (χ0) is 32.5. The van der Waals surface area contributed by atoms with Gasteiger partial charge in [-0.1, -0.05) is 91.0 Å². The van der Waals surface area contributed by atoms with Gasteiger partial charge in [0.25, 0.3) is 5.56 Å². The summed E-state index contributed by atoms with van der Waals surface area (Å²) in [7, 11) is 0. The number of aliphatic hydroxyl groups excluding tert-OH is 1. The van der Waals surface area contributed by atoms with Crippen LogP contribution < -0.4 is 11.2 Å². The van der Waals surface area contributed by atoms with Crippen molar-refractivity contribution in [2.24, 2.45) is 0 Å². The molecule has 4 aromatic rings. The highest BCUT2D eigenvalue weighted by Gasteiger charge is 2.44. The van der Waals surface area contributed by atoms with Crippen LogP contribution in [0.4, 0.5) is 0 Å². The Balaban J connectivity index is 1.47. The minimum atomic E-state index is -1.08. The Morgan fingerprint density at radius 1 is 0.891 bits per heavy atom. The molecule has 3 aromatic carbocycles. The average molecular weight is 629 g/mol.